The fraction of sp³-hybridized carbons (Fsp3) is 0.0800. The molecule has 4 aromatic rings. The molecule has 0 radical (unpaired) electrons. The summed E-state index contributed by atoms with van der Waals surface area (Å²) in [6, 6.07) is 15.1. The summed E-state index contributed by atoms with van der Waals surface area (Å²) < 4.78 is 5.24. The van der Waals surface area contributed by atoms with Gasteiger partial charge in [-0.1, -0.05) is 30.3 Å². The summed E-state index contributed by atoms with van der Waals surface area (Å²) >= 11 is 1.14. The zero-order valence-electron chi connectivity index (χ0n) is 18.2. The molecule has 1 aliphatic rings. The first kappa shape index (κ1) is 22.2. The van der Waals surface area contributed by atoms with Gasteiger partial charge in [0.25, 0.3) is 11.5 Å². The number of non-ortho nitro benzene ring substituents is 1. The molecular formula is C25H17N3O6S. The van der Waals surface area contributed by atoms with Gasteiger partial charge in [0.15, 0.2) is 5.13 Å². The molecule has 3 aromatic carbocycles. The number of carbonyl (C=O) groups excluding carboxylic acids is 2. The summed E-state index contributed by atoms with van der Waals surface area (Å²) in [6.07, 6.45) is 1.49. The van der Waals surface area contributed by atoms with E-state index in [4.69, 9.17) is 4.74 Å². The molecule has 1 aliphatic heterocycles. The van der Waals surface area contributed by atoms with Gasteiger partial charge in [-0.15, -0.1) is 11.3 Å². The number of ether oxygens (including phenoxy) is 1. The molecule has 0 bridgehead atoms. The third-order valence-electron chi connectivity index (χ3n) is 5.79. The van der Waals surface area contributed by atoms with E-state index in [-0.39, 0.29) is 22.2 Å². The molecule has 1 fully saturated rings. The number of anilines is 1. The standard InChI is InChI=1S/C25H17N3O6S/c1-34-19-8-7-14-11-17(6-5-15(14)13-19)22(29)20-21(16-3-2-4-18(12-16)28(32)33)27(24(31)23(20)30)25-26-9-10-35-25/h2-13,21,29H,1H3/b22-20+. The smallest absolute Gasteiger partial charge is 0.301 e. The molecule has 35 heavy (non-hydrogen) atoms. The van der Waals surface area contributed by atoms with Crippen LogP contribution in [0, 0.1) is 10.1 Å². The summed E-state index contributed by atoms with van der Waals surface area (Å²) in [5, 5.41) is 26.2. The number of thiazole rings is 1. The van der Waals surface area contributed by atoms with Crippen LogP contribution in [-0.2, 0) is 9.59 Å². The number of nitro groups is 1. The maximum atomic E-state index is 13.2. The van der Waals surface area contributed by atoms with Gasteiger partial charge in [0.1, 0.15) is 11.5 Å². The topological polar surface area (TPSA) is 123 Å². The van der Waals surface area contributed by atoms with E-state index in [0.717, 1.165) is 22.1 Å². The van der Waals surface area contributed by atoms with Crippen LogP contribution in [0.25, 0.3) is 16.5 Å². The molecule has 0 saturated carbocycles. The van der Waals surface area contributed by atoms with E-state index in [0.29, 0.717) is 16.9 Å². The highest BCUT2D eigenvalue weighted by Crippen LogP contribution is 2.43. The van der Waals surface area contributed by atoms with Gasteiger partial charge in [-0.2, -0.15) is 0 Å². The Kier molecular flexibility index (Phi) is 5.50. The largest absolute Gasteiger partial charge is 0.507 e. The van der Waals surface area contributed by atoms with Gasteiger partial charge in [0.05, 0.1) is 23.6 Å². The SMILES string of the molecule is COc1ccc2cc(/C(O)=C3\C(=O)C(=O)N(c4nccs4)C3c3cccc([N+](=O)[O-])c3)ccc2c1. The Labute approximate surface area is 202 Å². The Bertz CT molecular complexity index is 1530. The average Bonchev–Trinajstić information content (AvgIpc) is 3.49. The van der Waals surface area contributed by atoms with E-state index >= 15 is 0 Å². The number of aromatic nitrogens is 1. The number of fused-ring (bicyclic) bond motifs is 1. The Balaban J connectivity index is 1.71. The third-order valence-corrected chi connectivity index (χ3v) is 6.56. The van der Waals surface area contributed by atoms with Crippen molar-refractivity contribution in [2.45, 2.75) is 6.04 Å². The molecule has 0 spiro atoms. The molecule has 9 nitrogen and oxygen atoms in total. The summed E-state index contributed by atoms with van der Waals surface area (Å²) in [5.41, 5.74) is 0.265. The summed E-state index contributed by atoms with van der Waals surface area (Å²) in [7, 11) is 1.57. The van der Waals surface area contributed by atoms with Crippen molar-refractivity contribution in [1.29, 1.82) is 0 Å². The second kappa shape index (κ2) is 8.65. The van der Waals surface area contributed by atoms with E-state index in [1.165, 1.54) is 29.3 Å². The van der Waals surface area contributed by atoms with Gasteiger partial charge in [-0.05, 0) is 34.5 Å². The number of aliphatic hydroxyl groups is 1. The van der Waals surface area contributed by atoms with E-state index in [1.54, 1.807) is 42.8 Å². The van der Waals surface area contributed by atoms with Crippen molar-refractivity contribution in [3.8, 4) is 5.75 Å². The first-order chi connectivity index (χ1) is 16.9. The van der Waals surface area contributed by atoms with Gasteiger partial charge < -0.3 is 9.84 Å². The first-order valence-electron chi connectivity index (χ1n) is 10.4. The minimum Gasteiger partial charge on any atom is -0.507 e. The van der Waals surface area contributed by atoms with Crippen molar-refractivity contribution >= 4 is 50.4 Å². The van der Waals surface area contributed by atoms with E-state index < -0.39 is 22.7 Å². The first-order valence-corrected chi connectivity index (χ1v) is 11.3. The molecule has 1 N–H and O–H groups in total. The quantitative estimate of drug-likeness (QED) is 0.140. The predicted octanol–water partition coefficient (Wildman–Crippen LogP) is 4.84. The highest BCUT2D eigenvalue weighted by atomic mass is 32.1. The minimum absolute atomic E-state index is 0.168. The predicted molar refractivity (Wildman–Crippen MR) is 130 cm³/mol. The maximum absolute atomic E-state index is 13.2. The number of aliphatic hydroxyl groups excluding tert-OH is 1. The second-order valence-corrected chi connectivity index (χ2v) is 8.64. The van der Waals surface area contributed by atoms with Crippen LogP contribution in [0.1, 0.15) is 17.2 Å². The van der Waals surface area contributed by atoms with Crippen LogP contribution in [0.15, 0.2) is 77.8 Å². The zero-order valence-corrected chi connectivity index (χ0v) is 19.1. The molecule has 1 atom stereocenters. The number of amides is 1. The third kappa shape index (κ3) is 3.79. The van der Waals surface area contributed by atoms with Gasteiger partial charge in [0.2, 0.25) is 0 Å². The number of carbonyl (C=O) groups is 2. The van der Waals surface area contributed by atoms with E-state index in [2.05, 4.69) is 4.98 Å². The second-order valence-electron chi connectivity index (χ2n) is 7.76. The van der Waals surface area contributed by atoms with E-state index in [9.17, 15) is 24.8 Å². The lowest BCUT2D eigenvalue weighted by atomic mass is 9.94. The van der Waals surface area contributed by atoms with Crippen molar-refractivity contribution in [2.24, 2.45) is 0 Å². The molecule has 1 aromatic heterocycles. The molecule has 5 rings (SSSR count). The lowest BCUT2D eigenvalue weighted by molar-refractivity contribution is -0.384. The molecule has 10 heteroatoms. The molecule has 174 valence electrons. The number of methoxy groups -OCH3 is 1. The fourth-order valence-corrected chi connectivity index (χ4v) is 4.81. The highest BCUT2D eigenvalue weighted by molar-refractivity contribution is 7.14. The van der Waals surface area contributed by atoms with Crippen LogP contribution in [0.4, 0.5) is 10.8 Å². The zero-order chi connectivity index (χ0) is 24.7. The number of benzene rings is 3. The van der Waals surface area contributed by atoms with Crippen LogP contribution in [0.2, 0.25) is 0 Å². The molecule has 1 saturated heterocycles. The Hall–Kier alpha value is -4.57. The number of Topliss-reactive ketones (excluding diaryl/α,β-unsaturated/α-hetero) is 1. The lowest BCUT2D eigenvalue weighted by Gasteiger charge is -2.22. The Morgan fingerprint density at radius 1 is 1.11 bits per heavy atom. The number of rotatable bonds is 5. The summed E-state index contributed by atoms with van der Waals surface area (Å²) in [5.74, 6) is -1.47. The van der Waals surface area contributed by atoms with Crippen LogP contribution in [-0.4, -0.2) is 33.8 Å². The molecule has 2 heterocycles. The molecule has 1 amide bonds. The molecule has 0 aliphatic carbocycles. The van der Waals surface area contributed by atoms with Crippen molar-refractivity contribution < 1.29 is 24.4 Å². The summed E-state index contributed by atoms with van der Waals surface area (Å²) in [6.45, 7) is 0. The number of hydrogen-bond donors (Lipinski definition) is 1. The normalized spacial score (nSPS) is 17.2. The lowest BCUT2D eigenvalue weighted by Crippen LogP contribution is -2.29. The van der Waals surface area contributed by atoms with Crippen molar-refractivity contribution in [3.05, 3.63) is 99.1 Å². The van der Waals surface area contributed by atoms with Crippen LogP contribution in [0.5, 0.6) is 5.75 Å². The van der Waals surface area contributed by atoms with Crippen molar-refractivity contribution in [2.75, 3.05) is 12.0 Å². The van der Waals surface area contributed by atoms with E-state index in [1.807, 2.05) is 12.1 Å². The molecular weight excluding hydrogens is 470 g/mol. The van der Waals surface area contributed by atoms with Crippen molar-refractivity contribution in [3.63, 3.8) is 0 Å². The Morgan fingerprint density at radius 3 is 2.60 bits per heavy atom. The maximum Gasteiger partial charge on any atom is 0.301 e. The number of hydrogen-bond acceptors (Lipinski definition) is 8. The van der Waals surface area contributed by atoms with Crippen LogP contribution >= 0.6 is 11.3 Å². The van der Waals surface area contributed by atoms with Crippen LogP contribution < -0.4 is 9.64 Å². The van der Waals surface area contributed by atoms with Gasteiger partial charge in [-0.3, -0.25) is 24.6 Å². The number of nitro benzene ring substituents is 1. The molecule has 1 unspecified atom stereocenters. The number of ketones is 1. The monoisotopic (exact) mass is 487 g/mol. The van der Waals surface area contributed by atoms with Gasteiger partial charge >= 0.3 is 5.91 Å². The fourth-order valence-electron chi connectivity index (χ4n) is 4.14. The van der Waals surface area contributed by atoms with Crippen molar-refractivity contribution in [1.82, 2.24) is 4.98 Å². The average molecular weight is 487 g/mol. The van der Waals surface area contributed by atoms with Gasteiger partial charge in [-0.25, -0.2) is 4.98 Å². The highest BCUT2D eigenvalue weighted by Gasteiger charge is 2.48. The van der Waals surface area contributed by atoms with Gasteiger partial charge in [0, 0.05) is 29.3 Å². The number of nitrogens with zero attached hydrogens (tertiary/aromatic N) is 3. The summed E-state index contributed by atoms with van der Waals surface area (Å²) in [4.78, 5) is 42.4. The van der Waals surface area contributed by atoms with Crippen LogP contribution in [0.3, 0.4) is 0 Å². The Morgan fingerprint density at radius 2 is 1.89 bits per heavy atom. The minimum atomic E-state index is -1.09.